The summed E-state index contributed by atoms with van der Waals surface area (Å²) in [5.74, 6) is 0.404. The molecule has 2 aliphatic rings. The number of aryl methyl sites for hydroxylation is 1. The molecule has 0 heterocycles. The van der Waals surface area contributed by atoms with E-state index in [1.807, 2.05) is 12.1 Å². The summed E-state index contributed by atoms with van der Waals surface area (Å²) in [4.78, 5) is 0. The molecule has 1 fully saturated rings. The Morgan fingerprint density at radius 2 is 2.22 bits per heavy atom. The van der Waals surface area contributed by atoms with Crippen LogP contribution in [0.3, 0.4) is 0 Å². The topological polar surface area (TPSA) is 32.3 Å². The Morgan fingerprint density at radius 3 is 2.94 bits per heavy atom. The molecule has 0 radical (unpaired) electrons. The molecule has 2 N–H and O–H groups in total. The van der Waals surface area contributed by atoms with Crippen LogP contribution in [0.15, 0.2) is 18.2 Å². The van der Waals surface area contributed by atoms with Gasteiger partial charge < -0.3 is 10.4 Å². The molecule has 1 unspecified atom stereocenters. The molecule has 1 saturated carbocycles. The molecule has 1 aromatic carbocycles. The van der Waals surface area contributed by atoms with Gasteiger partial charge in [0.1, 0.15) is 5.75 Å². The van der Waals surface area contributed by atoms with Crippen LogP contribution in [0.25, 0.3) is 0 Å². The van der Waals surface area contributed by atoms with Crippen molar-refractivity contribution in [2.24, 2.45) is 5.41 Å². The van der Waals surface area contributed by atoms with Crippen LogP contribution in [0.2, 0.25) is 0 Å². The minimum Gasteiger partial charge on any atom is -0.508 e. The van der Waals surface area contributed by atoms with Gasteiger partial charge in [-0.05, 0) is 67.2 Å². The number of aromatic hydroxyl groups is 1. The summed E-state index contributed by atoms with van der Waals surface area (Å²) in [5, 5.41) is 13.3. The summed E-state index contributed by atoms with van der Waals surface area (Å²) < 4.78 is 0. The minimum absolute atomic E-state index is 0.404. The van der Waals surface area contributed by atoms with E-state index in [-0.39, 0.29) is 0 Å². The smallest absolute Gasteiger partial charge is 0.115 e. The van der Waals surface area contributed by atoms with Crippen LogP contribution >= 0.6 is 0 Å². The molecule has 18 heavy (non-hydrogen) atoms. The van der Waals surface area contributed by atoms with Gasteiger partial charge in [0.2, 0.25) is 0 Å². The summed E-state index contributed by atoms with van der Waals surface area (Å²) in [6.07, 6.45) is 7.66. The van der Waals surface area contributed by atoms with Crippen molar-refractivity contribution in [1.82, 2.24) is 5.32 Å². The molecule has 2 nitrogen and oxygen atoms in total. The van der Waals surface area contributed by atoms with E-state index in [4.69, 9.17) is 0 Å². The molecule has 2 heteroatoms. The summed E-state index contributed by atoms with van der Waals surface area (Å²) in [6, 6.07) is 6.37. The number of phenolic OH excluding ortho intramolecular Hbond substituents is 1. The Bertz CT molecular complexity index is 437. The van der Waals surface area contributed by atoms with Crippen molar-refractivity contribution in [3.8, 4) is 5.75 Å². The van der Waals surface area contributed by atoms with Crippen molar-refractivity contribution in [3.05, 3.63) is 29.3 Å². The maximum Gasteiger partial charge on any atom is 0.115 e. The van der Waals surface area contributed by atoms with E-state index < -0.39 is 0 Å². The zero-order valence-corrected chi connectivity index (χ0v) is 11.2. The van der Waals surface area contributed by atoms with Crippen LogP contribution in [0.4, 0.5) is 0 Å². The number of hydrogen-bond donors (Lipinski definition) is 2. The lowest BCUT2D eigenvalue weighted by Gasteiger charge is -2.28. The van der Waals surface area contributed by atoms with E-state index in [1.165, 1.54) is 43.2 Å². The monoisotopic (exact) mass is 245 g/mol. The van der Waals surface area contributed by atoms with E-state index in [0.717, 1.165) is 13.0 Å². The molecular formula is C16H23NO. The average molecular weight is 245 g/mol. The first kappa shape index (κ1) is 12.0. The highest BCUT2D eigenvalue weighted by molar-refractivity contribution is 5.38. The lowest BCUT2D eigenvalue weighted by molar-refractivity contribution is 0.378. The van der Waals surface area contributed by atoms with Gasteiger partial charge >= 0.3 is 0 Å². The fraction of sp³-hybridized carbons (Fsp3) is 0.625. The molecule has 0 amide bonds. The number of hydrogen-bond acceptors (Lipinski definition) is 2. The molecule has 3 rings (SSSR count). The van der Waals surface area contributed by atoms with E-state index in [9.17, 15) is 5.11 Å². The maximum absolute atomic E-state index is 9.56. The highest BCUT2D eigenvalue weighted by Gasteiger charge is 2.40. The Kier molecular flexibility index (Phi) is 3.06. The number of fused-ring (bicyclic) bond motifs is 1. The fourth-order valence-electron chi connectivity index (χ4n) is 3.18. The molecular weight excluding hydrogens is 222 g/mol. The predicted octanol–water partition coefficient (Wildman–Crippen LogP) is 3.55. The van der Waals surface area contributed by atoms with Crippen molar-refractivity contribution in [2.75, 3.05) is 6.54 Å². The molecule has 0 spiro atoms. The van der Waals surface area contributed by atoms with Gasteiger partial charge in [-0.1, -0.05) is 13.0 Å². The second kappa shape index (κ2) is 4.58. The number of phenols is 1. The van der Waals surface area contributed by atoms with Crippen molar-refractivity contribution >= 4 is 0 Å². The normalized spacial score (nSPS) is 24.6. The minimum atomic E-state index is 0.404. The summed E-state index contributed by atoms with van der Waals surface area (Å²) in [6.45, 7) is 3.47. The summed E-state index contributed by atoms with van der Waals surface area (Å²) in [5.41, 5.74) is 3.35. The van der Waals surface area contributed by atoms with Gasteiger partial charge in [0.15, 0.2) is 0 Å². The third-order valence-electron chi connectivity index (χ3n) is 4.87. The molecule has 0 aliphatic heterocycles. The second-order valence-corrected chi connectivity index (χ2v) is 6.06. The molecule has 98 valence electrons. The van der Waals surface area contributed by atoms with E-state index >= 15 is 0 Å². The molecule has 1 atom stereocenters. The van der Waals surface area contributed by atoms with E-state index in [0.29, 0.717) is 17.2 Å². The largest absolute Gasteiger partial charge is 0.508 e. The van der Waals surface area contributed by atoms with Gasteiger partial charge in [-0.2, -0.15) is 0 Å². The lowest BCUT2D eigenvalue weighted by Crippen LogP contribution is -2.30. The number of benzene rings is 1. The maximum atomic E-state index is 9.56. The van der Waals surface area contributed by atoms with Gasteiger partial charge in [-0.3, -0.25) is 0 Å². The molecule has 0 saturated heterocycles. The van der Waals surface area contributed by atoms with Crippen LogP contribution in [-0.4, -0.2) is 11.7 Å². The molecule has 0 bridgehead atoms. The first-order valence-electron chi connectivity index (χ1n) is 7.28. The van der Waals surface area contributed by atoms with Gasteiger partial charge in [0.25, 0.3) is 0 Å². The first-order valence-corrected chi connectivity index (χ1v) is 7.28. The Labute approximate surface area is 109 Å². The lowest BCUT2D eigenvalue weighted by atomic mass is 9.87. The SMILES string of the molecule is CCC1(CNC2CCCc3cc(O)ccc32)CC1. The molecule has 0 aromatic heterocycles. The van der Waals surface area contributed by atoms with Crippen molar-refractivity contribution in [1.29, 1.82) is 0 Å². The standard InChI is InChI=1S/C16H23NO/c1-2-16(8-9-16)11-17-15-5-3-4-12-10-13(18)6-7-14(12)15/h6-7,10,15,17-18H,2-5,8-9,11H2,1H3. The van der Waals surface area contributed by atoms with E-state index in [1.54, 1.807) is 0 Å². The highest BCUT2D eigenvalue weighted by atomic mass is 16.3. The molecule has 1 aromatic rings. The van der Waals surface area contributed by atoms with Crippen LogP contribution < -0.4 is 5.32 Å². The number of nitrogens with one attached hydrogen (secondary N) is 1. The van der Waals surface area contributed by atoms with Crippen molar-refractivity contribution in [2.45, 2.75) is 51.5 Å². The highest BCUT2D eigenvalue weighted by Crippen LogP contribution is 2.48. The third-order valence-corrected chi connectivity index (χ3v) is 4.87. The van der Waals surface area contributed by atoms with Gasteiger partial charge in [0.05, 0.1) is 0 Å². The van der Waals surface area contributed by atoms with Crippen LogP contribution in [-0.2, 0) is 6.42 Å². The Morgan fingerprint density at radius 1 is 1.39 bits per heavy atom. The second-order valence-electron chi connectivity index (χ2n) is 6.06. The first-order chi connectivity index (χ1) is 8.72. The zero-order valence-electron chi connectivity index (χ0n) is 11.2. The van der Waals surface area contributed by atoms with Crippen molar-refractivity contribution < 1.29 is 5.11 Å². The Balaban J connectivity index is 1.71. The van der Waals surface area contributed by atoms with Crippen molar-refractivity contribution in [3.63, 3.8) is 0 Å². The summed E-state index contributed by atoms with van der Waals surface area (Å²) >= 11 is 0. The van der Waals surface area contributed by atoms with Gasteiger partial charge in [0, 0.05) is 12.6 Å². The van der Waals surface area contributed by atoms with Gasteiger partial charge in [-0.25, -0.2) is 0 Å². The Hall–Kier alpha value is -1.02. The summed E-state index contributed by atoms with van der Waals surface area (Å²) in [7, 11) is 0. The third kappa shape index (κ3) is 2.26. The van der Waals surface area contributed by atoms with Crippen LogP contribution in [0.1, 0.15) is 56.2 Å². The molecule has 2 aliphatic carbocycles. The zero-order chi connectivity index (χ0) is 12.6. The van der Waals surface area contributed by atoms with Crippen LogP contribution in [0.5, 0.6) is 5.75 Å². The van der Waals surface area contributed by atoms with E-state index in [2.05, 4.69) is 18.3 Å². The fourth-order valence-corrected chi connectivity index (χ4v) is 3.18. The quantitative estimate of drug-likeness (QED) is 0.850. The van der Waals surface area contributed by atoms with Crippen LogP contribution in [0, 0.1) is 5.41 Å². The van der Waals surface area contributed by atoms with Gasteiger partial charge in [-0.15, -0.1) is 0 Å². The predicted molar refractivity (Wildman–Crippen MR) is 73.7 cm³/mol. The average Bonchev–Trinajstić information content (AvgIpc) is 3.16. The number of rotatable bonds is 4.